The maximum Gasteiger partial charge on any atom is 0.227 e. The quantitative estimate of drug-likeness (QED) is 0.780. The molecule has 7 heteroatoms. The number of nitrogens with two attached hydrogens (primary N) is 1. The van der Waals surface area contributed by atoms with E-state index in [2.05, 4.69) is 24.0 Å². The first-order valence-electron chi connectivity index (χ1n) is 8.86. The van der Waals surface area contributed by atoms with E-state index in [9.17, 15) is 9.18 Å². The molecule has 1 aromatic heterocycles. The lowest BCUT2D eigenvalue weighted by molar-refractivity contribution is -0.130. The summed E-state index contributed by atoms with van der Waals surface area (Å²) in [6, 6.07) is 4.87. The minimum atomic E-state index is -0.315. The van der Waals surface area contributed by atoms with Crippen LogP contribution in [0.2, 0.25) is 0 Å². The van der Waals surface area contributed by atoms with E-state index in [1.54, 1.807) is 31.0 Å². The number of carbonyl (C=O) groups is 1. The number of nitrogens with zero attached hydrogens (tertiary/aromatic N) is 3. The lowest BCUT2D eigenvalue weighted by Gasteiger charge is -2.21. The molecule has 6 nitrogen and oxygen atoms in total. The van der Waals surface area contributed by atoms with Crippen LogP contribution in [0.4, 0.5) is 4.39 Å². The smallest absolute Gasteiger partial charge is 0.227 e. The maximum atomic E-state index is 13.6. The zero-order valence-electron chi connectivity index (χ0n) is 15.8. The number of aryl methyl sites for hydroxylation is 2. The van der Waals surface area contributed by atoms with Crippen molar-refractivity contribution in [3.8, 4) is 11.4 Å². The van der Waals surface area contributed by atoms with Crippen molar-refractivity contribution in [3.05, 3.63) is 35.5 Å². The molecule has 2 rings (SSSR count). The average Bonchev–Trinajstić information content (AvgIpc) is 3.08. The van der Waals surface area contributed by atoms with Gasteiger partial charge in [-0.3, -0.25) is 4.79 Å². The topological polar surface area (TPSA) is 85.2 Å². The third-order valence-corrected chi connectivity index (χ3v) is 4.53. The van der Waals surface area contributed by atoms with Crippen LogP contribution in [0.15, 0.2) is 22.7 Å². The van der Waals surface area contributed by atoms with Crippen LogP contribution in [0.25, 0.3) is 11.4 Å². The van der Waals surface area contributed by atoms with Crippen molar-refractivity contribution < 1.29 is 13.7 Å². The van der Waals surface area contributed by atoms with Crippen LogP contribution < -0.4 is 5.73 Å². The van der Waals surface area contributed by atoms with Crippen molar-refractivity contribution in [1.29, 1.82) is 0 Å². The summed E-state index contributed by atoms with van der Waals surface area (Å²) in [5.74, 6) is 0.762. The molecule has 1 unspecified atom stereocenters. The minimum absolute atomic E-state index is 0.00193. The molecule has 0 spiro atoms. The summed E-state index contributed by atoms with van der Waals surface area (Å²) >= 11 is 0. The summed E-state index contributed by atoms with van der Waals surface area (Å²) < 4.78 is 18.8. The first kappa shape index (κ1) is 20.0. The predicted molar refractivity (Wildman–Crippen MR) is 97.8 cm³/mol. The Hall–Kier alpha value is -2.28. The molecule has 1 heterocycles. The molecule has 0 aliphatic carbocycles. The van der Waals surface area contributed by atoms with Gasteiger partial charge in [-0.2, -0.15) is 4.98 Å². The molecule has 142 valence electrons. The highest BCUT2D eigenvalue weighted by atomic mass is 19.1. The van der Waals surface area contributed by atoms with Crippen LogP contribution in [-0.2, 0) is 11.2 Å². The van der Waals surface area contributed by atoms with E-state index < -0.39 is 0 Å². The molecule has 0 aliphatic rings. The van der Waals surface area contributed by atoms with Crippen LogP contribution in [0.1, 0.15) is 38.1 Å². The number of rotatable bonds is 8. The van der Waals surface area contributed by atoms with Gasteiger partial charge in [0.25, 0.3) is 0 Å². The highest BCUT2D eigenvalue weighted by molar-refractivity contribution is 5.76. The van der Waals surface area contributed by atoms with Crippen LogP contribution in [0.3, 0.4) is 0 Å². The van der Waals surface area contributed by atoms with Gasteiger partial charge in [-0.25, -0.2) is 4.39 Å². The SMILES string of the molecule is Cc1ccc(-c2noc(CCC(=O)N(C)CCC(N)C(C)C)n2)cc1F. The van der Waals surface area contributed by atoms with Crippen molar-refractivity contribution in [3.63, 3.8) is 0 Å². The van der Waals surface area contributed by atoms with Crippen molar-refractivity contribution in [2.75, 3.05) is 13.6 Å². The lowest BCUT2D eigenvalue weighted by atomic mass is 10.0. The van der Waals surface area contributed by atoms with Crippen molar-refractivity contribution in [2.24, 2.45) is 11.7 Å². The van der Waals surface area contributed by atoms with E-state index in [0.717, 1.165) is 6.42 Å². The fraction of sp³-hybridized carbons (Fsp3) is 0.526. The van der Waals surface area contributed by atoms with Gasteiger partial charge in [0.1, 0.15) is 5.82 Å². The van der Waals surface area contributed by atoms with Crippen molar-refractivity contribution >= 4 is 5.91 Å². The van der Waals surface area contributed by atoms with Gasteiger partial charge in [0.15, 0.2) is 0 Å². The first-order valence-corrected chi connectivity index (χ1v) is 8.86. The van der Waals surface area contributed by atoms with Gasteiger partial charge in [0.05, 0.1) is 0 Å². The molecule has 1 amide bonds. The monoisotopic (exact) mass is 362 g/mol. The van der Waals surface area contributed by atoms with Gasteiger partial charge in [0.2, 0.25) is 17.6 Å². The molecule has 0 saturated heterocycles. The normalized spacial score (nSPS) is 12.4. The molecule has 1 aromatic carbocycles. The summed E-state index contributed by atoms with van der Waals surface area (Å²) in [5, 5.41) is 3.86. The zero-order valence-corrected chi connectivity index (χ0v) is 15.8. The van der Waals surface area contributed by atoms with E-state index >= 15 is 0 Å². The highest BCUT2D eigenvalue weighted by Gasteiger charge is 2.15. The summed E-state index contributed by atoms with van der Waals surface area (Å²) in [6.45, 7) is 6.45. The molecule has 0 fully saturated rings. The molecule has 0 bridgehead atoms. The van der Waals surface area contributed by atoms with Gasteiger partial charge < -0.3 is 15.2 Å². The van der Waals surface area contributed by atoms with Gasteiger partial charge >= 0.3 is 0 Å². The Balaban J connectivity index is 1.87. The molecule has 26 heavy (non-hydrogen) atoms. The van der Waals surface area contributed by atoms with Crippen LogP contribution in [0.5, 0.6) is 0 Å². The average molecular weight is 362 g/mol. The number of hydrogen-bond donors (Lipinski definition) is 1. The van der Waals surface area contributed by atoms with Crippen LogP contribution in [-0.4, -0.2) is 40.6 Å². The largest absolute Gasteiger partial charge is 0.346 e. The van der Waals surface area contributed by atoms with Gasteiger partial charge in [-0.15, -0.1) is 0 Å². The second-order valence-electron chi connectivity index (χ2n) is 6.99. The van der Waals surface area contributed by atoms with E-state index in [1.165, 1.54) is 6.07 Å². The highest BCUT2D eigenvalue weighted by Crippen LogP contribution is 2.19. The second kappa shape index (κ2) is 8.89. The molecule has 2 aromatic rings. The predicted octanol–water partition coefficient (Wildman–Crippen LogP) is 2.95. The molecule has 0 saturated carbocycles. The first-order chi connectivity index (χ1) is 12.3. The number of carbonyl (C=O) groups excluding carboxylic acids is 1. The Morgan fingerprint density at radius 3 is 2.77 bits per heavy atom. The number of aromatic nitrogens is 2. The Bertz CT molecular complexity index is 745. The molecule has 1 atom stereocenters. The van der Waals surface area contributed by atoms with Crippen LogP contribution >= 0.6 is 0 Å². The van der Waals surface area contributed by atoms with Crippen molar-refractivity contribution in [2.45, 2.75) is 46.1 Å². The summed E-state index contributed by atoms with van der Waals surface area (Å²) in [4.78, 5) is 18.1. The Morgan fingerprint density at radius 1 is 1.38 bits per heavy atom. The van der Waals surface area contributed by atoms with Gasteiger partial charge in [-0.05, 0) is 30.9 Å². The standard InChI is InChI=1S/C19H27FN4O2/c1-12(2)16(21)9-10-24(4)18(25)8-7-17-22-19(23-26-17)14-6-5-13(3)15(20)11-14/h5-6,11-12,16H,7-10,21H2,1-4H3. The number of amides is 1. The number of hydrogen-bond acceptors (Lipinski definition) is 5. The van der Waals surface area contributed by atoms with Gasteiger partial charge in [-0.1, -0.05) is 31.1 Å². The van der Waals surface area contributed by atoms with E-state index in [4.69, 9.17) is 10.3 Å². The number of halogens is 1. The summed E-state index contributed by atoms with van der Waals surface area (Å²) in [5.41, 5.74) is 7.12. The fourth-order valence-corrected chi connectivity index (χ4v) is 2.41. The fourth-order valence-electron chi connectivity index (χ4n) is 2.41. The molecule has 2 N–H and O–H groups in total. The Morgan fingerprint density at radius 2 is 2.12 bits per heavy atom. The number of benzene rings is 1. The van der Waals surface area contributed by atoms with Crippen LogP contribution in [0, 0.1) is 18.7 Å². The minimum Gasteiger partial charge on any atom is -0.346 e. The Labute approximate surface area is 153 Å². The molecular formula is C19H27FN4O2. The lowest BCUT2D eigenvalue weighted by Crippen LogP contribution is -2.34. The Kier molecular flexibility index (Phi) is 6.85. The summed E-state index contributed by atoms with van der Waals surface area (Å²) in [7, 11) is 1.77. The third-order valence-electron chi connectivity index (χ3n) is 4.53. The van der Waals surface area contributed by atoms with Crippen molar-refractivity contribution in [1.82, 2.24) is 15.0 Å². The summed E-state index contributed by atoms with van der Waals surface area (Å²) in [6.07, 6.45) is 1.39. The molecule has 0 aliphatic heterocycles. The third kappa shape index (κ3) is 5.36. The van der Waals surface area contributed by atoms with E-state index in [-0.39, 0.29) is 24.2 Å². The second-order valence-corrected chi connectivity index (χ2v) is 6.99. The molecule has 0 radical (unpaired) electrons. The molecular weight excluding hydrogens is 335 g/mol. The van der Waals surface area contributed by atoms with E-state index in [1.807, 2.05) is 0 Å². The van der Waals surface area contributed by atoms with Gasteiger partial charge in [0, 0.05) is 38.0 Å². The zero-order chi connectivity index (χ0) is 19.3. The van der Waals surface area contributed by atoms with E-state index in [0.29, 0.717) is 41.7 Å². The maximum absolute atomic E-state index is 13.6.